The minimum Gasteiger partial charge on any atom is -0.507 e. The van der Waals surface area contributed by atoms with E-state index in [-0.39, 0.29) is 33.3 Å². The summed E-state index contributed by atoms with van der Waals surface area (Å²) in [4.78, 5) is 26.9. The summed E-state index contributed by atoms with van der Waals surface area (Å²) >= 11 is 12.0. The molecule has 1 aliphatic rings. The lowest BCUT2D eigenvalue weighted by Crippen LogP contribution is -2.29. The van der Waals surface area contributed by atoms with E-state index in [2.05, 4.69) is 0 Å². The van der Waals surface area contributed by atoms with E-state index < -0.39 is 29.3 Å². The fourth-order valence-corrected chi connectivity index (χ4v) is 3.73. The van der Waals surface area contributed by atoms with Gasteiger partial charge in [-0.2, -0.15) is 0 Å². The molecule has 30 heavy (non-hydrogen) atoms. The number of nitrogens with zero attached hydrogens (tertiary/aromatic N) is 1. The smallest absolute Gasteiger partial charge is 0.296 e. The molecule has 1 aromatic heterocycles. The van der Waals surface area contributed by atoms with Crippen molar-refractivity contribution in [2.24, 2.45) is 0 Å². The highest BCUT2D eigenvalue weighted by molar-refractivity contribution is 6.46. The summed E-state index contributed by atoms with van der Waals surface area (Å²) < 4.78 is 20.0. The molecule has 1 atom stereocenters. The molecule has 0 aliphatic carbocycles. The molecule has 0 bridgehead atoms. The number of likely N-dealkylation sites (tertiary alicyclic amines) is 1. The Hall–Kier alpha value is -3.09. The van der Waals surface area contributed by atoms with Gasteiger partial charge >= 0.3 is 0 Å². The molecular weight excluding hydrogens is 432 g/mol. The first-order valence-electron chi connectivity index (χ1n) is 8.89. The maximum Gasteiger partial charge on any atom is 0.296 e. The minimum absolute atomic E-state index is 0.0740. The van der Waals surface area contributed by atoms with Crippen LogP contribution < -0.4 is 0 Å². The molecule has 1 aliphatic heterocycles. The summed E-state index contributed by atoms with van der Waals surface area (Å²) in [5.41, 5.74) is 0.0154. The molecule has 2 heterocycles. The van der Waals surface area contributed by atoms with Crippen LogP contribution in [0.2, 0.25) is 10.0 Å². The SMILES string of the molecule is O=C1C(=O)N(Cc2ccco2)C(c2ccccc2F)/C1=C(\O)c1ccc(Cl)c(Cl)c1. The van der Waals surface area contributed by atoms with Gasteiger partial charge in [0.15, 0.2) is 0 Å². The van der Waals surface area contributed by atoms with Crippen LogP contribution in [0.25, 0.3) is 5.76 Å². The predicted molar refractivity (Wildman–Crippen MR) is 109 cm³/mol. The lowest BCUT2D eigenvalue weighted by atomic mass is 9.95. The first-order valence-corrected chi connectivity index (χ1v) is 9.64. The van der Waals surface area contributed by atoms with E-state index in [0.717, 1.165) is 0 Å². The summed E-state index contributed by atoms with van der Waals surface area (Å²) in [5.74, 6) is -2.48. The van der Waals surface area contributed by atoms with Crippen LogP contribution in [0.1, 0.15) is 22.9 Å². The molecule has 1 amide bonds. The number of benzene rings is 2. The Bertz CT molecular complexity index is 1170. The highest BCUT2D eigenvalue weighted by Crippen LogP contribution is 2.41. The van der Waals surface area contributed by atoms with E-state index in [0.29, 0.717) is 5.76 Å². The molecule has 3 aromatic rings. The maximum atomic E-state index is 14.7. The molecule has 8 heteroatoms. The highest BCUT2D eigenvalue weighted by atomic mass is 35.5. The zero-order valence-corrected chi connectivity index (χ0v) is 16.8. The predicted octanol–water partition coefficient (Wildman–Crippen LogP) is 5.35. The zero-order valence-electron chi connectivity index (χ0n) is 15.3. The first-order chi connectivity index (χ1) is 14.4. The van der Waals surface area contributed by atoms with Crippen molar-refractivity contribution in [2.45, 2.75) is 12.6 Å². The Morgan fingerprint density at radius 3 is 2.50 bits per heavy atom. The summed E-state index contributed by atoms with van der Waals surface area (Å²) in [7, 11) is 0. The Morgan fingerprint density at radius 2 is 1.83 bits per heavy atom. The number of rotatable bonds is 4. The number of aliphatic hydroxyl groups is 1. The van der Waals surface area contributed by atoms with Gasteiger partial charge in [0.25, 0.3) is 11.7 Å². The second kappa shape index (κ2) is 7.97. The molecule has 0 radical (unpaired) electrons. The van der Waals surface area contributed by atoms with Crippen molar-refractivity contribution in [1.82, 2.24) is 4.90 Å². The van der Waals surface area contributed by atoms with Crippen LogP contribution in [-0.2, 0) is 16.1 Å². The molecular formula is C22H14Cl2FNO4. The molecule has 0 saturated carbocycles. The van der Waals surface area contributed by atoms with E-state index in [1.165, 1.54) is 47.6 Å². The van der Waals surface area contributed by atoms with Crippen molar-refractivity contribution in [2.75, 3.05) is 0 Å². The number of carbonyl (C=O) groups is 2. The Kier molecular flexibility index (Phi) is 5.37. The van der Waals surface area contributed by atoms with E-state index in [1.54, 1.807) is 18.2 Å². The van der Waals surface area contributed by atoms with Gasteiger partial charge in [-0.25, -0.2) is 4.39 Å². The largest absolute Gasteiger partial charge is 0.507 e. The third-order valence-electron chi connectivity index (χ3n) is 4.84. The van der Waals surface area contributed by atoms with E-state index in [1.807, 2.05) is 0 Å². The quantitative estimate of drug-likeness (QED) is 0.333. The zero-order chi connectivity index (χ0) is 21.4. The summed E-state index contributed by atoms with van der Waals surface area (Å²) in [6.45, 7) is -0.0747. The Labute approximate surface area is 180 Å². The molecule has 1 unspecified atom stereocenters. The van der Waals surface area contributed by atoms with Crippen molar-refractivity contribution in [3.8, 4) is 0 Å². The number of hydrogen-bond acceptors (Lipinski definition) is 4. The van der Waals surface area contributed by atoms with Crippen LogP contribution >= 0.6 is 23.2 Å². The second-order valence-corrected chi connectivity index (χ2v) is 7.47. The van der Waals surface area contributed by atoms with Gasteiger partial charge in [-0.15, -0.1) is 0 Å². The molecule has 1 N–H and O–H groups in total. The van der Waals surface area contributed by atoms with Gasteiger partial charge in [-0.1, -0.05) is 41.4 Å². The summed E-state index contributed by atoms with van der Waals surface area (Å²) in [6, 6.07) is 12.2. The standard InChI is InChI=1S/C22H14Cl2FNO4/c23-15-8-7-12(10-16(15)24)20(27)18-19(14-5-1-2-6-17(14)25)26(22(29)21(18)28)11-13-4-3-9-30-13/h1-10,19,27H,11H2/b20-18+. The van der Waals surface area contributed by atoms with Gasteiger partial charge in [-0.3, -0.25) is 9.59 Å². The fraction of sp³-hybridized carbons (Fsp3) is 0.0909. The van der Waals surface area contributed by atoms with Crippen LogP contribution in [0.5, 0.6) is 0 Å². The van der Waals surface area contributed by atoms with Gasteiger partial charge in [0, 0.05) is 11.1 Å². The van der Waals surface area contributed by atoms with Crippen LogP contribution in [0.3, 0.4) is 0 Å². The number of ketones is 1. The molecule has 0 spiro atoms. The van der Waals surface area contributed by atoms with Crippen molar-refractivity contribution < 1.29 is 23.5 Å². The lowest BCUT2D eigenvalue weighted by molar-refractivity contribution is -0.140. The fourth-order valence-electron chi connectivity index (χ4n) is 3.43. The molecule has 1 saturated heterocycles. The normalized spacial score (nSPS) is 18.2. The Morgan fingerprint density at radius 1 is 1.07 bits per heavy atom. The maximum absolute atomic E-state index is 14.7. The van der Waals surface area contributed by atoms with Crippen LogP contribution in [0.4, 0.5) is 4.39 Å². The average molecular weight is 446 g/mol. The van der Waals surface area contributed by atoms with E-state index >= 15 is 0 Å². The summed E-state index contributed by atoms with van der Waals surface area (Å²) in [6.07, 6.45) is 1.43. The highest BCUT2D eigenvalue weighted by Gasteiger charge is 2.47. The number of amides is 1. The molecule has 5 nitrogen and oxygen atoms in total. The third-order valence-corrected chi connectivity index (χ3v) is 5.58. The minimum atomic E-state index is -1.15. The van der Waals surface area contributed by atoms with Gasteiger partial charge < -0.3 is 14.4 Å². The van der Waals surface area contributed by atoms with Crippen molar-refractivity contribution in [1.29, 1.82) is 0 Å². The number of hydrogen-bond donors (Lipinski definition) is 1. The van der Waals surface area contributed by atoms with E-state index in [9.17, 15) is 19.1 Å². The van der Waals surface area contributed by atoms with Gasteiger partial charge in [-0.05, 0) is 36.4 Å². The topological polar surface area (TPSA) is 70.8 Å². The van der Waals surface area contributed by atoms with Crippen molar-refractivity contribution in [3.05, 3.63) is 99.2 Å². The molecule has 4 rings (SSSR count). The number of furan rings is 1. The number of aliphatic hydroxyl groups excluding tert-OH is 1. The molecule has 152 valence electrons. The average Bonchev–Trinajstić information content (AvgIpc) is 3.32. The second-order valence-electron chi connectivity index (χ2n) is 6.66. The molecule has 1 fully saturated rings. The first kappa shape index (κ1) is 20.2. The number of carbonyl (C=O) groups excluding carboxylic acids is 2. The third kappa shape index (κ3) is 3.49. The van der Waals surface area contributed by atoms with Gasteiger partial charge in [0.2, 0.25) is 0 Å². The van der Waals surface area contributed by atoms with Gasteiger partial charge in [0.1, 0.15) is 17.3 Å². The van der Waals surface area contributed by atoms with Crippen LogP contribution in [0.15, 0.2) is 70.9 Å². The van der Waals surface area contributed by atoms with Gasteiger partial charge in [0.05, 0.1) is 34.5 Å². The molecule has 2 aromatic carbocycles. The van der Waals surface area contributed by atoms with Crippen LogP contribution in [0, 0.1) is 5.82 Å². The van der Waals surface area contributed by atoms with Crippen molar-refractivity contribution in [3.63, 3.8) is 0 Å². The van der Waals surface area contributed by atoms with Crippen LogP contribution in [-0.4, -0.2) is 21.7 Å². The number of halogens is 3. The monoisotopic (exact) mass is 445 g/mol. The van der Waals surface area contributed by atoms with Crippen molar-refractivity contribution >= 4 is 40.7 Å². The van der Waals surface area contributed by atoms with E-state index in [4.69, 9.17) is 27.6 Å². The number of Topliss-reactive ketones (excluding diaryl/α,β-unsaturated/α-hetero) is 1. The lowest BCUT2D eigenvalue weighted by Gasteiger charge is -2.24. The Balaban J connectivity index is 1.90. The summed E-state index contributed by atoms with van der Waals surface area (Å²) in [5, 5.41) is 11.3.